The average Bonchev–Trinajstić information content (AvgIpc) is 2.59. The summed E-state index contributed by atoms with van der Waals surface area (Å²) in [6, 6.07) is 0. The van der Waals surface area contributed by atoms with Gasteiger partial charge in [-0.05, 0) is 28.7 Å². The predicted octanol–water partition coefficient (Wildman–Crippen LogP) is 3.76. The number of hydrogen-bond donors (Lipinski definition) is 0. The van der Waals surface area contributed by atoms with E-state index in [2.05, 4.69) is 43.7 Å². The first kappa shape index (κ1) is 11.9. The van der Waals surface area contributed by atoms with E-state index in [9.17, 15) is 0 Å². The van der Waals surface area contributed by atoms with Gasteiger partial charge in [0.25, 0.3) is 0 Å². The van der Waals surface area contributed by atoms with Crippen molar-refractivity contribution in [2.45, 2.75) is 13.1 Å². The SMILES string of the molecule is CSC1=CC2=CC=CC2=C1[Si](C)C.Cl. The van der Waals surface area contributed by atoms with Crippen LogP contribution in [0.1, 0.15) is 0 Å². The molecule has 0 N–H and O–H groups in total. The number of fused-ring (bicyclic) bond motifs is 1. The summed E-state index contributed by atoms with van der Waals surface area (Å²) >= 11 is 1.88. The lowest BCUT2D eigenvalue weighted by atomic mass is 10.2. The number of rotatable bonds is 2. The van der Waals surface area contributed by atoms with Crippen LogP contribution in [0.15, 0.2) is 45.6 Å². The minimum atomic E-state index is -0.327. The first-order chi connectivity index (χ1) is 6.24. The molecule has 2 aliphatic carbocycles. The average molecular weight is 242 g/mol. The first-order valence-electron chi connectivity index (χ1n) is 4.43. The Labute approximate surface area is 97.9 Å². The van der Waals surface area contributed by atoms with Gasteiger partial charge in [-0.2, -0.15) is 0 Å². The first-order valence-corrected chi connectivity index (χ1v) is 8.16. The molecular weight excluding hydrogens is 228 g/mol. The van der Waals surface area contributed by atoms with Crippen molar-refractivity contribution in [2.24, 2.45) is 0 Å². The summed E-state index contributed by atoms with van der Waals surface area (Å²) in [6.45, 7) is 4.73. The molecule has 0 unspecified atom stereocenters. The molecule has 0 aromatic rings. The molecule has 0 spiro atoms. The number of halogens is 1. The number of hydrogen-bond acceptors (Lipinski definition) is 1. The van der Waals surface area contributed by atoms with Crippen molar-refractivity contribution in [3.05, 3.63) is 45.6 Å². The van der Waals surface area contributed by atoms with Crippen LogP contribution in [-0.2, 0) is 0 Å². The molecular formula is C11H14ClSSi. The monoisotopic (exact) mass is 241 g/mol. The molecule has 0 aromatic heterocycles. The molecule has 2 rings (SSSR count). The highest BCUT2D eigenvalue weighted by atomic mass is 35.5. The molecule has 1 radical (unpaired) electrons. The van der Waals surface area contributed by atoms with Crippen molar-refractivity contribution in [2.75, 3.05) is 6.26 Å². The molecule has 0 fully saturated rings. The summed E-state index contributed by atoms with van der Waals surface area (Å²) in [6.07, 6.45) is 11.1. The Morgan fingerprint density at radius 1 is 1.29 bits per heavy atom. The Bertz CT molecular complexity index is 361. The summed E-state index contributed by atoms with van der Waals surface area (Å²) in [7, 11) is -0.327. The smallest absolute Gasteiger partial charge is 0.0815 e. The van der Waals surface area contributed by atoms with E-state index in [1.165, 1.54) is 16.1 Å². The zero-order valence-electron chi connectivity index (χ0n) is 8.63. The molecule has 2 aliphatic rings. The predicted molar refractivity (Wildman–Crippen MR) is 70.6 cm³/mol. The largest absolute Gasteiger partial charge is 0.147 e. The lowest BCUT2D eigenvalue weighted by Crippen LogP contribution is -2.06. The zero-order chi connectivity index (χ0) is 9.42. The fourth-order valence-electron chi connectivity index (χ4n) is 1.81. The second kappa shape index (κ2) is 4.56. The zero-order valence-corrected chi connectivity index (χ0v) is 11.3. The normalized spacial score (nSPS) is 18.3. The van der Waals surface area contributed by atoms with Crippen LogP contribution < -0.4 is 0 Å². The standard InChI is InChI=1S/C11H13SSi.ClH/c1-12-10-7-8-5-4-6-9(8)11(10)13(2)3;/h4-7H,1-3H3;1H. The van der Waals surface area contributed by atoms with Crippen LogP contribution in [0.4, 0.5) is 0 Å². The quantitative estimate of drug-likeness (QED) is 0.664. The van der Waals surface area contributed by atoms with E-state index >= 15 is 0 Å². The van der Waals surface area contributed by atoms with Crippen LogP contribution in [0.3, 0.4) is 0 Å². The van der Waals surface area contributed by atoms with Crippen LogP contribution in [0, 0.1) is 0 Å². The molecule has 0 saturated carbocycles. The lowest BCUT2D eigenvalue weighted by Gasteiger charge is -2.09. The fraction of sp³-hybridized carbons (Fsp3) is 0.273. The van der Waals surface area contributed by atoms with Gasteiger partial charge in [0, 0.05) is 4.91 Å². The molecule has 0 heterocycles. The van der Waals surface area contributed by atoms with Gasteiger partial charge in [-0.1, -0.05) is 31.3 Å². The van der Waals surface area contributed by atoms with Crippen LogP contribution >= 0.6 is 24.2 Å². The summed E-state index contributed by atoms with van der Waals surface area (Å²) in [4.78, 5) is 1.49. The van der Waals surface area contributed by atoms with Gasteiger partial charge in [-0.25, -0.2) is 0 Å². The van der Waals surface area contributed by atoms with E-state index in [1.54, 1.807) is 5.20 Å². The Morgan fingerprint density at radius 3 is 2.57 bits per heavy atom. The van der Waals surface area contributed by atoms with Crippen molar-refractivity contribution < 1.29 is 0 Å². The minimum absolute atomic E-state index is 0. The third-order valence-corrected chi connectivity index (χ3v) is 4.85. The second-order valence-electron chi connectivity index (χ2n) is 3.48. The summed E-state index contributed by atoms with van der Waals surface area (Å²) in [5.41, 5.74) is 2.91. The Hall–Kier alpha value is -0.183. The molecule has 14 heavy (non-hydrogen) atoms. The van der Waals surface area contributed by atoms with Crippen LogP contribution in [-0.4, -0.2) is 15.1 Å². The Balaban J connectivity index is 0.000000980. The number of thioether (sulfide) groups is 1. The van der Waals surface area contributed by atoms with E-state index in [1.807, 2.05) is 11.8 Å². The summed E-state index contributed by atoms with van der Waals surface area (Å²) in [5.74, 6) is 0. The molecule has 0 aromatic carbocycles. The third-order valence-electron chi connectivity index (χ3n) is 2.37. The van der Waals surface area contributed by atoms with Gasteiger partial charge < -0.3 is 0 Å². The molecule has 0 bridgehead atoms. The van der Waals surface area contributed by atoms with Crippen molar-refractivity contribution >= 4 is 33.0 Å². The molecule has 0 saturated heterocycles. The van der Waals surface area contributed by atoms with E-state index < -0.39 is 0 Å². The lowest BCUT2D eigenvalue weighted by molar-refractivity contribution is 1.65. The molecule has 0 atom stereocenters. The fourth-order valence-corrected chi connectivity index (χ4v) is 4.62. The van der Waals surface area contributed by atoms with Crippen molar-refractivity contribution in [3.8, 4) is 0 Å². The minimum Gasteiger partial charge on any atom is -0.147 e. The van der Waals surface area contributed by atoms with Crippen molar-refractivity contribution in [1.29, 1.82) is 0 Å². The molecule has 0 amide bonds. The number of allylic oxidation sites excluding steroid dienone is 7. The van der Waals surface area contributed by atoms with Gasteiger partial charge in [-0.15, -0.1) is 24.2 Å². The highest BCUT2D eigenvalue weighted by molar-refractivity contribution is 8.02. The second-order valence-corrected chi connectivity index (χ2v) is 6.83. The van der Waals surface area contributed by atoms with Gasteiger partial charge in [-0.3, -0.25) is 0 Å². The highest BCUT2D eigenvalue weighted by Gasteiger charge is 2.23. The third kappa shape index (κ3) is 1.79. The van der Waals surface area contributed by atoms with E-state index in [4.69, 9.17) is 0 Å². The Morgan fingerprint density at radius 2 is 2.00 bits per heavy atom. The maximum absolute atomic E-state index is 2.37. The van der Waals surface area contributed by atoms with Crippen molar-refractivity contribution in [3.63, 3.8) is 0 Å². The maximum atomic E-state index is 2.37. The topological polar surface area (TPSA) is 0 Å². The van der Waals surface area contributed by atoms with Gasteiger partial charge in [0.15, 0.2) is 0 Å². The van der Waals surface area contributed by atoms with Crippen LogP contribution in [0.25, 0.3) is 0 Å². The van der Waals surface area contributed by atoms with E-state index in [-0.39, 0.29) is 21.2 Å². The van der Waals surface area contributed by atoms with Gasteiger partial charge in [0.05, 0.1) is 8.80 Å². The van der Waals surface area contributed by atoms with E-state index in [0.29, 0.717) is 0 Å². The molecule has 0 aliphatic heterocycles. The Kier molecular flexibility index (Phi) is 3.87. The van der Waals surface area contributed by atoms with E-state index in [0.717, 1.165) is 0 Å². The van der Waals surface area contributed by atoms with Crippen LogP contribution in [0.5, 0.6) is 0 Å². The highest BCUT2D eigenvalue weighted by Crippen LogP contribution is 2.40. The maximum Gasteiger partial charge on any atom is 0.0815 e. The summed E-state index contributed by atoms with van der Waals surface area (Å²) < 4.78 is 0. The molecule has 0 nitrogen and oxygen atoms in total. The van der Waals surface area contributed by atoms with Gasteiger partial charge in [0.1, 0.15) is 0 Å². The summed E-state index contributed by atoms with van der Waals surface area (Å²) in [5, 5.41) is 1.62. The molecule has 75 valence electrons. The van der Waals surface area contributed by atoms with Crippen LogP contribution in [0.2, 0.25) is 13.1 Å². The molecule has 3 heteroatoms. The van der Waals surface area contributed by atoms with Crippen molar-refractivity contribution in [1.82, 2.24) is 0 Å². The van der Waals surface area contributed by atoms with Gasteiger partial charge in [0.2, 0.25) is 0 Å². The van der Waals surface area contributed by atoms with Gasteiger partial charge >= 0.3 is 0 Å².